The Morgan fingerprint density at radius 1 is 1.50 bits per heavy atom. The summed E-state index contributed by atoms with van der Waals surface area (Å²) in [4.78, 5) is 0. The Bertz CT molecular complexity index is 289. The molecule has 0 amide bonds. The molecule has 1 aromatic rings. The molecular weight excluding hydrogens is 180 g/mol. The summed E-state index contributed by atoms with van der Waals surface area (Å²) in [5, 5.41) is 11.6. The SMILES string of the molecule is CCOc1ccc(NCCO)cc1N. The number of aliphatic hydroxyl groups is 1. The fraction of sp³-hybridized carbons (Fsp3) is 0.400. The highest BCUT2D eigenvalue weighted by atomic mass is 16.5. The molecule has 0 heterocycles. The molecular formula is C10H16N2O2. The molecule has 0 spiro atoms. The highest BCUT2D eigenvalue weighted by Crippen LogP contribution is 2.24. The topological polar surface area (TPSA) is 67.5 Å². The molecule has 0 saturated carbocycles. The summed E-state index contributed by atoms with van der Waals surface area (Å²) in [5.74, 6) is 0.696. The molecule has 78 valence electrons. The van der Waals surface area contributed by atoms with E-state index in [4.69, 9.17) is 15.6 Å². The van der Waals surface area contributed by atoms with Crippen molar-refractivity contribution < 1.29 is 9.84 Å². The minimum Gasteiger partial charge on any atom is -0.492 e. The number of rotatable bonds is 5. The van der Waals surface area contributed by atoms with Crippen LogP contribution in [-0.2, 0) is 0 Å². The molecule has 0 saturated heterocycles. The largest absolute Gasteiger partial charge is 0.492 e. The quantitative estimate of drug-likeness (QED) is 0.616. The van der Waals surface area contributed by atoms with Gasteiger partial charge in [-0.25, -0.2) is 0 Å². The van der Waals surface area contributed by atoms with E-state index >= 15 is 0 Å². The second kappa shape index (κ2) is 5.34. The molecule has 1 aromatic carbocycles. The van der Waals surface area contributed by atoms with Crippen LogP contribution < -0.4 is 15.8 Å². The van der Waals surface area contributed by atoms with Gasteiger partial charge in [-0.3, -0.25) is 0 Å². The van der Waals surface area contributed by atoms with Gasteiger partial charge in [-0.1, -0.05) is 0 Å². The zero-order valence-electron chi connectivity index (χ0n) is 8.29. The third-order valence-electron chi connectivity index (χ3n) is 1.75. The number of nitrogens with one attached hydrogen (secondary N) is 1. The van der Waals surface area contributed by atoms with Crippen LogP contribution in [0.2, 0.25) is 0 Å². The van der Waals surface area contributed by atoms with Gasteiger partial charge in [0.2, 0.25) is 0 Å². The fourth-order valence-corrected chi connectivity index (χ4v) is 1.15. The molecule has 0 bridgehead atoms. The van der Waals surface area contributed by atoms with E-state index in [1.807, 2.05) is 19.1 Å². The van der Waals surface area contributed by atoms with Crippen LogP contribution >= 0.6 is 0 Å². The van der Waals surface area contributed by atoms with E-state index in [1.54, 1.807) is 6.07 Å². The maximum atomic E-state index is 8.62. The first kappa shape index (κ1) is 10.7. The van der Waals surface area contributed by atoms with Gasteiger partial charge in [0.25, 0.3) is 0 Å². The van der Waals surface area contributed by atoms with E-state index in [1.165, 1.54) is 0 Å². The van der Waals surface area contributed by atoms with Gasteiger partial charge in [0.1, 0.15) is 5.75 Å². The minimum atomic E-state index is 0.104. The van der Waals surface area contributed by atoms with Crippen LogP contribution in [0.4, 0.5) is 11.4 Å². The number of nitrogen functional groups attached to an aromatic ring is 1. The van der Waals surface area contributed by atoms with E-state index in [-0.39, 0.29) is 6.61 Å². The molecule has 0 radical (unpaired) electrons. The Morgan fingerprint density at radius 3 is 2.86 bits per heavy atom. The maximum absolute atomic E-state index is 8.62. The van der Waals surface area contributed by atoms with Crippen molar-refractivity contribution in [1.82, 2.24) is 0 Å². The van der Waals surface area contributed by atoms with Gasteiger partial charge in [0.05, 0.1) is 18.9 Å². The number of nitrogens with two attached hydrogens (primary N) is 1. The van der Waals surface area contributed by atoms with Gasteiger partial charge in [0.15, 0.2) is 0 Å². The third kappa shape index (κ3) is 2.81. The summed E-state index contributed by atoms with van der Waals surface area (Å²) in [5.41, 5.74) is 7.25. The van der Waals surface area contributed by atoms with Crippen molar-refractivity contribution in [3.8, 4) is 5.75 Å². The predicted molar refractivity (Wildman–Crippen MR) is 57.6 cm³/mol. The predicted octanol–water partition coefficient (Wildman–Crippen LogP) is 1.07. The van der Waals surface area contributed by atoms with Crippen LogP contribution in [0, 0.1) is 0 Å². The third-order valence-corrected chi connectivity index (χ3v) is 1.75. The normalized spacial score (nSPS) is 9.86. The minimum absolute atomic E-state index is 0.104. The lowest BCUT2D eigenvalue weighted by atomic mass is 10.2. The van der Waals surface area contributed by atoms with Crippen molar-refractivity contribution in [2.75, 3.05) is 30.8 Å². The van der Waals surface area contributed by atoms with E-state index in [9.17, 15) is 0 Å². The first-order valence-corrected chi connectivity index (χ1v) is 4.65. The van der Waals surface area contributed by atoms with Crippen LogP contribution in [-0.4, -0.2) is 24.9 Å². The van der Waals surface area contributed by atoms with Crippen molar-refractivity contribution in [2.24, 2.45) is 0 Å². The molecule has 4 N–H and O–H groups in total. The molecule has 0 fully saturated rings. The number of benzene rings is 1. The summed E-state index contributed by atoms with van der Waals surface area (Å²) in [7, 11) is 0. The van der Waals surface area contributed by atoms with Crippen LogP contribution in [0.3, 0.4) is 0 Å². The van der Waals surface area contributed by atoms with Gasteiger partial charge in [-0.15, -0.1) is 0 Å². The Hall–Kier alpha value is -1.42. The summed E-state index contributed by atoms with van der Waals surface area (Å²) in [6.45, 7) is 3.14. The molecule has 14 heavy (non-hydrogen) atoms. The molecule has 4 nitrogen and oxygen atoms in total. The fourth-order valence-electron chi connectivity index (χ4n) is 1.15. The second-order valence-electron chi connectivity index (χ2n) is 2.84. The number of anilines is 2. The average molecular weight is 196 g/mol. The summed E-state index contributed by atoms with van der Waals surface area (Å²) < 4.78 is 5.29. The summed E-state index contributed by atoms with van der Waals surface area (Å²) in [6, 6.07) is 5.48. The Labute approximate surface area is 83.7 Å². The number of hydrogen-bond donors (Lipinski definition) is 3. The molecule has 4 heteroatoms. The first-order chi connectivity index (χ1) is 6.77. The van der Waals surface area contributed by atoms with Crippen LogP contribution in [0.25, 0.3) is 0 Å². The first-order valence-electron chi connectivity index (χ1n) is 4.65. The van der Waals surface area contributed by atoms with Crippen molar-refractivity contribution in [2.45, 2.75) is 6.92 Å². The van der Waals surface area contributed by atoms with Gasteiger partial charge in [0, 0.05) is 12.2 Å². The molecule has 1 rings (SSSR count). The van der Waals surface area contributed by atoms with Gasteiger partial charge >= 0.3 is 0 Å². The van der Waals surface area contributed by atoms with Crippen LogP contribution in [0.5, 0.6) is 5.75 Å². The van der Waals surface area contributed by atoms with Crippen molar-refractivity contribution >= 4 is 11.4 Å². The van der Waals surface area contributed by atoms with E-state index in [2.05, 4.69) is 5.32 Å². The van der Waals surface area contributed by atoms with Gasteiger partial charge in [-0.2, -0.15) is 0 Å². The van der Waals surface area contributed by atoms with Gasteiger partial charge in [-0.05, 0) is 25.1 Å². The average Bonchev–Trinajstić information content (AvgIpc) is 2.19. The summed E-state index contributed by atoms with van der Waals surface area (Å²) in [6.07, 6.45) is 0. The molecule has 0 aliphatic carbocycles. The van der Waals surface area contributed by atoms with E-state index in [0.717, 1.165) is 5.69 Å². The zero-order valence-corrected chi connectivity index (χ0v) is 8.29. The lowest BCUT2D eigenvalue weighted by Gasteiger charge is -2.09. The molecule has 0 unspecified atom stereocenters. The Kier molecular flexibility index (Phi) is 4.07. The smallest absolute Gasteiger partial charge is 0.142 e. The van der Waals surface area contributed by atoms with Crippen LogP contribution in [0.1, 0.15) is 6.92 Å². The number of hydrogen-bond acceptors (Lipinski definition) is 4. The van der Waals surface area contributed by atoms with E-state index in [0.29, 0.717) is 24.6 Å². The lowest BCUT2D eigenvalue weighted by molar-refractivity contribution is 0.311. The van der Waals surface area contributed by atoms with Crippen molar-refractivity contribution in [3.63, 3.8) is 0 Å². The maximum Gasteiger partial charge on any atom is 0.142 e. The van der Waals surface area contributed by atoms with Crippen LogP contribution in [0.15, 0.2) is 18.2 Å². The highest BCUT2D eigenvalue weighted by molar-refractivity contribution is 5.62. The van der Waals surface area contributed by atoms with Gasteiger partial charge < -0.3 is 20.9 Å². The number of aliphatic hydroxyl groups excluding tert-OH is 1. The van der Waals surface area contributed by atoms with Crippen molar-refractivity contribution in [3.05, 3.63) is 18.2 Å². The molecule has 0 atom stereocenters. The summed E-state index contributed by atoms with van der Waals surface area (Å²) >= 11 is 0. The zero-order chi connectivity index (χ0) is 10.4. The Balaban J connectivity index is 2.68. The lowest BCUT2D eigenvalue weighted by Crippen LogP contribution is -2.06. The van der Waals surface area contributed by atoms with E-state index < -0.39 is 0 Å². The standard InChI is InChI=1S/C10H16N2O2/c1-2-14-10-4-3-8(7-9(10)11)12-5-6-13/h3-4,7,12-13H,2,5-6,11H2,1H3. The molecule has 0 aliphatic rings. The Morgan fingerprint density at radius 2 is 2.29 bits per heavy atom. The molecule has 0 aromatic heterocycles. The highest BCUT2D eigenvalue weighted by Gasteiger charge is 2.00. The second-order valence-corrected chi connectivity index (χ2v) is 2.84. The van der Waals surface area contributed by atoms with Crippen molar-refractivity contribution in [1.29, 1.82) is 0 Å². The molecule has 0 aliphatic heterocycles. The monoisotopic (exact) mass is 196 g/mol. The number of ether oxygens (including phenoxy) is 1.